The molecule has 8 rings (SSSR count). The highest BCUT2D eigenvalue weighted by molar-refractivity contribution is 6.14. The molecule has 4 aliphatic heterocycles. The number of pyridine rings is 1. The molecule has 0 radical (unpaired) electrons. The molecular weight excluding hydrogens is 634 g/mol. The van der Waals surface area contributed by atoms with Crippen LogP contribution in [0.1, 0.15) is 56.7 Å². The molecule has 3 aromatic carbocycles. The van der Waals surface area contributed by atoms with Crippen LogP contribution in [0.5, 0.6) is 23.0 Å². The Labute approximate surface area is 290 Å². The van der Waals surface area contributed by atoms with E-state index in [1.165, 1.54) is 11.1 Å². The lowest BCUT2D eigenvalue weighted by molar-refractivity contribution is 0.0703. The topological polar surface area (TPSA) is 115 Å². The smallest absolute Gasteiger partial charge is 0.261 e. The van der Waals surface area contributed by atoms with Gasteiger partial charge in [0.15, 0.2) is 23.0 Å². The van der Waals surface area contributed by atoms with E-state index in [1.54, 1.807) is 49.6 Å². The Morgan fingerprint density at radius 3 is 2.00 bits per heavy atom. The number of fused-ring (bicyclic) bond motifs is 7. The molecule has 4 aliphatic rings. The van der Waals surface area contributed by atoms with Gasteiger partial charge in [0.1, 0.15) is 0 Å². The van der Waals surface area contributed by atoms with Gasteiger partial charge < -0.3 is 23.8 Å². The third-order valence-corrected chi connectivity index (χ3v) is 9.77. The fourth-order valence-corrected chi connectivity index (χ4v) is 7.15. The van der Waals surface area contributed by atoms with Crippen LogP contribution in [0.25, 0.3) is 0 Å². The average Bonchev–Trinajstić information content (AvgIpc) is 3.40. The molecule has 1 unspecified atom stereocenters. The van der Waals surface area contributed by atoms with Gasteiger partial charge in [-0.3, -0.25) is 29.5 Å². The summed E-state index contributed by atoms with van der Waals surface area (Å²) in [4.78, 5) is 44.6. The molecular formula is C39H37N5O6. The van der Waals surface area contributed by atoms with Gasteiger partial charge in [-0.2, -0.15) is 0 Å². The van der Waals surface area contributed by atoms with E-state index in [2.05, 4.69) is 22.1 Å². The van der Waals surface area contributed by atoms with Crippen molar-refractivity contribution < 1.29 is 28.5 Å². The van der Waals surface area contributed by atoms with Crippen molar-refractivity contribution in [2.24, 2.45) is 9.98 Å². The third-order valence-electron chi connectivity index (χ3n) is 9.77. The van der Waals surface area contributed by atoms with Crippen LogP contribution in [0, 0.1) is 0 Å². The van der Waals surface area contributed by atoms with Crippen LogP contribution >= 0.6 is 0 Å². The van der Waals surface area contributed by atoms with Gasteiger partial charge in [0.05, 0.1) is 67.7 Å². The molecule has 0 aliphatic carbocycles. The first kappa shape index (κ1) is 31.6. The number of carbonyl (C=O) groups excluding carboxylic acids is 2. The second kappa shape index (κ2) is 13.3. The summed E-state index contributed by atoms with van der Waals surface area (Å²) in [6, 6.07) is 16.9. The van der Waals surface area contributed by atoms with Crippen molar-refractivity contribution in [2.75, 3.05) is 32.3 Å². The molecule has 0 N–H and O–H groups in total. The third kappa shape index (κ3) is 5.72. The van der Waals surface area contributed by atoms with E-state index >= 15 is 0 Å². The Morgan fingerprint density at radius 2 is 1.32 bits per heavy atom. The largest absolute Gasteiger partial charge is 0.493 e. The van der Waals surface area contributed by atoms with Gasteiger partial charge in [-0.1, -0.05) is 24.3 Å². The lowest BCUT2D eigenvalue weighted by Crippen LogP contribution is -2.44. The zero-order valence-electron chi connectivity index (χ0n) is 28.0. The summed E-state index contributed by atoms with van der Waals surface area (Å²) in [5, 5.41) is 0. The molecule has 4 aromatic rings. The van der Waals surface area contributed by atoms with Crippen LogP contribution in [0.2, 0.25) is 0 Å². The molecule has 2 amide bonds. The molecule has 0 saturated carbocycles. The van der Waals surface area contributed by atoms with Crippen molar-refractivity contribution in [1.29, 1.82) is 0 Å². The molecule has 0 spiro atoms. The van der Waals surface area contributed by atoms with E-state index in [0.29, 0.717) is 71.7 Å². The first-order chi connectivity index (χ1) is 24.5. The summed E-state index contributed by atoms with van der Waals surface area (Å²) < 4.78 is 23.5. The fraction of sp³-hybridized carbons (Fsp3) is 0.308. The second-order valence-corrected chi connectivity index (χ2v) is 12.8. The Hall–Kier alpha value is -5.71. The van der Waals surface area contributed by atoms with Crippen LogP contribution in [0.4, 0.5) is 17.1 Å². The number of hydrogen-bond acceptors (Lipinski definition) is 9. The summed E-state index contributed by atoms with van der Waals surface area (Å²) in [6.07, 6.45) is 11.1. The maximum Gasteiger partial charge on any atom is 0.261 e. The molecule has 0 saturated heterocycles. The van der Waals surface area contributed by atoms with Gasteiger partial charge in [-0.05, 0) is 60.6 Å². The van der Waals surface area contributed by atoms with E-state index in [-0.39, 0.29) is 23.9 Å². The monoisotopic (exact) mass is 671 g/mol. The van der Waals surface area contributed by atoms with Gasteiger partial charge in [0.2, 0.25) is 0 Å². The van der Waals surface area contributed by atoms with Crippen molar-refractivity contribution >= 4 is 41.3 Å². The fourth-order valence-electron chi connectivity index (χ4n) is 7.15. The Balaban J connectivity index is 0.867. The second-order valence-electron chi connectivity index (χ2n) is 12.8. The minimum atomic E-state index is -0.159. The van der Waals surface area contributed by atoms with Crippen LogP contribution in [-0.2, 0) is 19.4 Å². The van der Waals surface area contributed by atoms with Crippen molar-refractivity contribution in [3.05, 3.63) is 94.8 Å². The predicted molar refractivity (Wildman–Crippen MR) is 189 cm³/mol. The molecule has 254 valence electrons. The van der Waals surface area contributed by atoms with E-state index in [4.69, 9.17) is 23.9 Å². The van der Waals surface area contributed by atoms with Crippen LogP contribution in [-0.4, -0.2) is 73.6 Å². The number of unbranched alkanes of at least 4 members (excludes halogenated alkanes) is 2. The maximum absolute atomic E-state index is 13.7. The van der Waals surface area contributed by atoms with Crippen molar-refractivity contribution in [3.63, 3.8) is 0 Å². The van der Waals surface area contributed by atoms with Crippen LogP contribution in [0.3, 0.4) is 0 Å². The first-order valence-electron chi connectivity index (χ1n) is 16.9. The van der Waals surface area contributed by atoms with E-state index < -0.39 is 0 Å². The molecule has 1 aromatic heterocycles. The van der Waals surface area contributed by atoms with E-state index in [0.717, 1.165) is 36.9 Å². The van der Waals surface area contributed by atoms with Gasteiger partial charge in [0.25, 0.3) is 11.8 Å². The minimum Gasteiger partial charge on any atom is -0.493 e. The Kier molecular flexibility index (Phi) is 8.39. The summed E-state index contributed by atoms with van der Waals surface area (Å²) >= 11 is 0. The Morgan fingerprint density at radius 1 is 0.700 bits per heavy atom. The molecule has 0 bridgehead atoms. The zero-order valence-corrected chi connectivity index (χ0v) is 28.0. The number of nitrogens with zero attached hydrogens (tertiary/aromatic N) is 5. The van der Waals surface area contributed by atoms with Gasteiger partial charge >= 0.3 is 0 Å². The number of rotatable bonds is 10. The average molecular weight is 672 g/mol. The number of benzene rings is 3. The molecule has 50 heavy (non-hydrogen) atoms. The number of aliphatic imine (C=N–C) groups is 2. The van der Waals surface area contributed by atoms with Crippen molar-refractivity contribution in [3.8, 4) is 23.0 Å². The highest BCUT2D eigenvalue weighted by Gasteiger charge is 2.37. The standard InChI is InChI=1S/C39H37N5O6/c1-47-34-16-29-31(41-21-27-14-24-8-4-5-9-25(24)23-43(27)38(29)45)18-36(34)49-12-6-3-7-13-50-37-19-32-30(17-35(37)48-2)39(46)44-28(22-42-32)15-26-20-40-11-10-33(26)44/h4-5,8-11,16-22,27-28H,3,6-7,12-15,23H2,1-2H3/t27?,28-/m0/s1. The van der Waals surface area contributed by atoms with Crippen molar-refractivity contribution in [1.82, 2.24) is 9.88 Å². The number of methoxy groups -OCH3 is 2. The summed E-state index contributed by atoms with van der Waals surface area (Å²) in [6.45, 7) is 1.48. The van der Waals surface area contributed by atoms with E-state index in [1.807, 2.05) is 41.7 Å². The molecule has 0 fully saturated rings. The van der Waals surface area contributed by atoms with Gasteiger partial charge in [0, 0.05) is 49.9 Å². The van der Waals surface area contributed by atoms with Crippen molar-refractivity contribution in [2.45, 2.75) is 50.7 Å². The molecule has 11 heteroatoms. The van der Waals surface area contributed by atoms with Gasteiger partial charge in [-0.15, -0.1) is 0 Å². The highest BCUT2D eigenvalue weighted by atomic mass is 16.5. The molecule has 2 atom stereocenters. The van der Waals surface area contributed by atoms with Crippen LogP contribution < -0.4 is 23.8 Å². The summed E-state index contributed by atoms with van der Waals surface area (Å²) in [5.74, 6) is 1.91. The number of aromatic nitrogens is 1. The lowest BCUT2D eigenvalue weighted by atomic mass is 9.94. The van der Waals surface area contributed by atoms with Crippen LogP contribution in [0.15, 0.2) is 77.0 Å². The first-order valence-corrected chi connectivity index (χ1v) is 16.9. The quantitative estimate of drug-likeness (QED) is 0.182. The lowest BCUT2D eigenvalue weighted by Gasteiger charge is -2.34. The minimum absolute atomic E-state index is 0.0600. The van der Waals surface area contributed by atoms with E-state index in [9.17, 15) is 9.59 Å². The number of anilines is 1. The highest BCUT2D eigenvalue weighted by Crippen LogP contribution is 2.41. The normalized spacial score (nSPS) is 18.2. The Bertz CT molecular complexity index is 2040. The predicted octanol–water partition coefficient (Wildman–Crippen LogP) is 6.30. The van der Waals surface area contributed by atoms with Gasteiger partial charge in [-0.25, -0.2) is 0 Å². The summed E-state index contributed by atoms with van der Waals surface area (Å²) in [7, 11) is 3.14. The number of ether oxygens (including phenoxy) is 4. The maximum atomic E-state index is 13.7. The SMILES string of the molecule is COc1cc2c(cc1OCCCCCOc1cc3c(cc1OC)C(=O)N1c4ccncc4C[C@H]1C=N3)N=CC1Cc3ccccc3CN1C2=O. The summed E-state index contributed by atoms with van der Waals surface area (Å²) in [5.41, 5.74) is 6.44. The number of amides is 2. The number of hydrogen-bond donors (Lipinski definition) is 0. The number of carbonyl (C=O) groups is 2. The zero-order chi connectivity index (χ0) is 34.2. The molecule has 5 heterocycles. The molecule has 11 nitrogen and oxygen atoms in total.